The van der Waals surface area contributed by atoms with E-state index >= 15 is 0 Å². The molecule has 0 saturated heterocycles. The molecule has 0 aromatic heterocycles. The predicted octanol–water partition coefficient (Wildman–Crippen LogP) is 2.10. The van der Waals surface area contributed by atoms with E-state index in [0.717, 1.165) is 0 Å². The molecule has 1 rings (SSSR count). The van der Waals surface area contributed by atoms with Crippen molar-refractivity contribution >= 4 is 0 Å². The molecule has 0 fully saturated rings. The summed E-state index contributed by atoms with van der Waals surface area (Å²) in [6.07, 6.45) is 13.0. The molecule has 0 bridgehead atoms. The number of hydrogen-bond acceptors (Lipinski definition) is 0. The highest BCUT2D eigenvalue weighted by atomic mass is 13.9. The second-order valence-electron chi connectivity index (χ2n) is 1.63. The molecule has 0 heterocycles. The zero-order valence-electron chi connectivity index (χ0n) is 4.30. The molecule has 0 nitrogen and oxygen atoms in total. The molecule has 7 heavy (non-hydrogen) atoms. The quantitative estimate of drug-likeness (QED) is 0.402. The highest BCUT2D eigenvalue weighted by molar-refractivity contribution is 5.11. The molecule has 0 spiro atoms. The van der Waals surface area contributed by atoms with Gasteiger partial charge in [0.05, 0.1) is 0 Å². The van der Waals surface area contributed by atoms with Gasteiger partial charge in [0.25, 0.3) is 0 Å². The van der Waals surface area contributed by atoms with Gasteiger partial charge in [-0.25, -0.2) is 0 Å². The minimum Gasteiger partial charge on any atom is 0.00253 e. The Bertz CT molecular complexity index is 76.2. The van der Waals surface area contributed by atoms with Crippen molar-refractivity contribution in [1.29, 1.82) is 0 Å². The lowest BCUT2D eigenvalue weighted by Gasteiger charge is -1.69. The topological polar surface area (TPSA) is 0 Å². The van der Waals surface area contributed by atoms with Crippen molar-refractivity contribution in [2.75, 3.05) is 0 Å². The summed E-state index contributed by atoms with van der Waals surface area (Å²) in [4.78, 5) is 0. The lowest BCUT2D eigenvalue weighted by Crippen LogP contribution is -1.56. The summed E-state index contributed by atoms with van der Waals surface area (Å²) in [6.45, 7) is 0. The fourth-order valence-electron chi connectivity index (χ4n) is 0.606. The summed E-state index contributed by atoms with van der Waals surface area (Å²) in [5, 5.41) is 0. The third-order valence-electron chi connectivity index (χ3n) is 0.994. The molecule has 0 unspecified atom stereocenters. The number of hydrogen-bond donors (Lipinski definition) is 0. The Morgan fingerprint density at radius 1 is 1.00 bits per heavy atom. The van der Waals surface area contributed by atoms with Gasteiger partial charge in [0.15, 0.2) is 0 Å². The molecule has 0 aromatic carbocycles. The van der Waals surface area contributed by atoms with Gasteiger partial charge in [-0.2, -0.15) is 0 Å². The standard InChI is InChI=1S/C7H9/c1-2-4-6-7-5-3-1/h1-5H,6-7H2/q+1. The third kappa shape index (κ3) is 1.49. The van der Waals surface area contributed by atoms with Gasteiger partial charge in [0.2, 0.25) is 0 Å². The minimum absolute atomic E-state index is 1.20. The molecule has 0 aromatic rings. The molecule has 0 atom stereocenters. The van der Waals surface area contributed by atoms with Crippen molar-refractivity contribution in [2.24, 2.45) is 0 Å². The second-order valence-corrected chi connectivity index (χ2v) is 1.63. The van der Waals surface area contributed by atoms with Crippen LogP contribution in [0.5, 0.6) is 0 Å². The first kappa shape index (κ1) is 4.51. The lowest BCUT2D eigenvalue weighted by atomic mass is 10.3. The molecule has 0 amide bonds. The Balaban J connectivity index is 2.38. The fraction of sp³-hybridized carbons (Fsp3) is 0.286. The van der Waals surface area contributed by atoms with Gasteiger partial charge in [0.1, 0.15) is 0 Å². The van der Waals surface area contributed by atoms with Crippen LogP contribution in [0.25, 0.3) is 0 Å². The summed E-state index contributed by atoms with van der Waals surface area (Å²) in [7, 11) is 0. The summed E-state index contributed by atoms with van der Waals surface area (Å²) >= 11 is 0. The normalized spacial score (nSPS) is 18.3. The molecule has 0 saturated carbocycles. The Hall–Kier alpha value is -0.650. The van der Waals surface area contributed by atoms with Crippen LogP contribution in [0.2, 0.25) is 0 Å². The van der Waals surface area contributed by atoms with Crippen molar-refractivity contribution in [3.05, 3.63) is 30.7 Å². The van der Waals surface area contributed by atoms with E-state index in [4.69, 9.17) is 0 Å². The van der Waals surface area contributed by atoms with Crippen molar-refractivity contribution in [3.63, 3.8) is 0 Å². The predicted molar refractivity (Wildman–Crippen MR) is 31.8 cm³/mol. The molecule has 0 N–H and O–H groups in total. The third-order valence-corrected chi connectivity index (χ3v) is 0.994. The molecular formula is C7H9+. The van der Waals surface area contributed by atoms with Crippen LogP contribution < -0.4 is 0 Å². The van der Waals surface area contributed by atoms with E-state index in [9.17, 15) is 0 Å². The zero-order chi connectivity index (χ0) is 4.95. The van der Waals surface area contributed by atoms with Crippen LogP contribution in [-0.2, 0) is 0 Å². The van der Waals surface area contributed by atoms with E-state index in [0.29, 0.717) is 0 Å². The first-order valence-corrected chi connectivity index (χ1v) is 2.65. The van der Waals surface area contributed by atoms with E-state index < -0.39 is 0 Å². The van der Waals surface area contributed by atoms with E-state index in [1.54, 1.807) is 0 Å². The van der Waals surface area contributed by atoms with Gasteiger partial charge in [-0.1, -0.05) is 0 Å². The van der Waals surface area contributed by atoms with Gasteiger partial charge in [-0.05, 0) is 0 Å². The number of rotatable bonds is 0. The van der Waals surface area contributed by atoms with Crippen LogP contribution in [0.4, 0.5) is 0 Å². The molecular weight excluding hydrogens is 84.1 g/mol. The van der Waals surface area contributed by atoms with E-state index in [1.807, 2.05) is 0 Å². The Kier molecular flexibility index (Phi) is 1.62. The maximum Gasteiger partial charge on any atom is 0.0422 e. The molecule has 36 valence electrons. The van der Waals surface area contributed by atoms with Crippen molar-refractivity contribution in [1.82, 2.24) is 0 Å². The fourth-order valence-corrected chi connectivity index (χ4v) is 0.606. The van der Waals surface area contributed by atoms with Crippen LogP contribution in [-0.4, -0.2) is 0 Å². The largest absolute Gasteiger partial charge is 0.0422 e. The minimum atomic E-state index is 1.20. The van der Waals surface area contributed by atoms with Gasteiger partial charge >= 0.3 is 0 Å². The summed E-state index contributed by atoms with van der Waals surface area (Å²) < 4.78 is 0. The summed E-state index contributed by atoms with van der Waals surface area (Å²) in [6, 6.07) is 0. The maximum absolute atomic E-state index is 2.18. The van der Waals surface area contributed by atoms with E-state index in [-0.39, 0.29) is 0 Å². The molecule has 0 aliphatic heterocycles. The maximum atomic E-state index is 2.18. The van der Waals surface area contributed by atoms with Crippen molar-refractivity contribution in [3.8, 4) is 0 Å². The monoisotopic (exact) mass is 93.1 g/mol. The van der Waals surface area contributed by atoms with Crippen LogP contribution in [0, 0.1) is 6.42 Å². The highest BCUT2D eigenvalue weighted by Crippen LogP contribution is 1.99. The average Bonchev–Trinajstić information content (AvgIpc) is 1.90. The SMILES string of the molecule is C1=CCCC=C[CH+]1. The van der Waals surface area contributed by atoms with Crippen molar-refractivity contribution < 1.29 is 0 Å². The molecule has 0 heteroatoms. The Labute approximate surface area is 44.5 Å². The van der Waals surface area contributed by atoms with Gasteiger partial charge in [-0.3, -0.25) is 0 Å². The zero-order valence-corrected chi connectivity index (χ0v) is 4.30. The van der Waals surface area contributed by atoms with Gasteiger partial charge in [0, 0.05) is 43.6 Å². The van der Waals surface area contributed by atoms with Crippen LogP contribution >= 0.6 is 0 Å². The lowest BCUT2D eigenvalue weighted by molar-refractivity contribution is 1.06. The summed E-state index contributed by atoms with van der Waals surface area (Å²) in [5.41, 5.74) is 0. The first-order chi connectivity index (χ1) is 3.50. The smallest absolute Gasteiger partial charge is 0.00253 e. The van der Waals surface area contributed by atoms with Crippen LogP contribution in [0.3, 0.4) is 0 Å². The average molecular weight is 93.1 g/mol. The highest BCUT2D eigenvalue weighted by Gasteiger charge is 1.87. The Morgan fingerprint density at radius 3 is 2.14 bits per heavy atom. The van der Waals surface area contributed by atoms with E-state index in [2.05, 4.69) is 30.7 Å². The first-order valence-electron chi connectivity index (χ1n) is 2.65. The van der Waals surface area contributed by atoms with Crippen LogP contribution in [0.15, 0.2) is 24.3 Å². The Morgan fingerprint density at radius 2 is 1.57 bits per heavy atom. The van der Waals surface area contributed by atoms with Gasteiger partial charge in [-0.15, -0.1) is 0 Å². The molecule has 0 radical (unpaired) electrons. The molecule has 1 aliphatic rings. The molecule has 1 aliphatic carbocycles. The summed E-state index contributed by atoms with van der Waals surface area (Å²) in [5.74, 6) is 0. The van der Waals surface area contributed by atoms with Crippen molar-refractivity contribution in [2.45, 2.75) is 12.8 Å². The second kappa shape index (κ2) is 2.51. The van der Waals surface area contributed by atoms with Gasteiger partial charge < -0.3 is 0 Å². The van der Waals surface area contributed by atoms with Crippen LogP contribution in [0.1, 0.15) is 12.8 Å². The van der Waals surface area contributed by atoms with E-state index in [1.165, 1.54) is 12.8 Å². The number of allylic oxidation sites excluding steroid dienone is 4.